The fourth-order valence-electron chi connectivity index (χ4n) is 2.73. The lowest BCUT2D eigenvalue weighted by molar-refractivity contribution is 0.402. The smallest absolute Gasteiger partial charge is 0.0892 e. The molecule has 1 atom stereocenters. The van der Waals surface area contributed by atoms with E-state index in [2.05, 4.69) is 23.9 Å². The van der Waals surface area contributed by atoms with Crippen LogP contribution in [0, 0.1) is 0 Å². The molecule has 7 heteroatoms. The highest BCUT2D eigenvalue weighted by atomic mass is 35.5. The number of halogens is 2. The molecule has 2 N–H and O–H groups in total. The molecule has 0 bridgehead atoms. The third kappa shape index (κ3) is 4.10. The highest BCUT2D eigenvalue weighted by Gasteiger charge is 2.27. The zero-order valence-corrected chi connectivity index (χ0v) is 16.0. The molecule has 0 aromatic heterocycles. The SMILES string of the molecule is CN(C)CCCN1c2ccccc2S(=O)c2ccc(Cl)cc21.Cl.O. The van der Waals surface area contributed by atoms with Gasteiger partial charge in [-0.05, 0) is 57.4 Å². The van der Waals surface area contributed by atoms with Crippen LogP contribution >= 0.6 is 24.0 Å². The summed E-state index contributed by atoms with van der Waals surface area (Å²) in [6.07, 6.45) is 1.03. The van der Waals surface area contributed by atoms with Gasteiger partial charge in [0.1, 0.15) is 0 Å². The van der Waals surface area contributed by atoms with Crippen LogP contribution in [0.1, 0.15) is 6.42 Å². The van der Waals surface area contributed by atoms with Crippen LogP contribution in [0.4, 0.5) is 11.4 Å². The van der Waals surface area contributed by atoms with Crippen molar-refractivity contribution in [3.8, 4) is 0 Å². The third-order valence-corrected chi connectivity index (χ3v) is 5.48. The maximum absolute atomic E-state index is 12.8. The Balaban J connectivity index is 0.00000144. The van der Waals surface area contributed by atoms with Crippen LogP contribution in [-0.4, -0.2) is 41.8 Å². The van der Waals surface area contributed by atoms with Crippen LogP contribution in [0.15, 0.2) is 52.3 Å². The van der Waals surface area contributed by atoms with E-state index in [1.807, 2.05) is 42.5 Å². The second kappa shape index (κ2) is 8.83. The Hall–Kier alpha value is -1.11. The standard InChI is InChI=1S/C17H19ClN2OS.ClH.H2O/c1-19(2)10-5-11-20-14-6-3-4-7-16(14)22(21)17-9-8-13(18)12-15(17)20;;/h3-4,6-9,12H,5,10-11H2,1-2H3;1H;1H2. The maximum atomic E-state index is 12.8. The minimum absolute atomic E-state index is 0. The quantitative estimate of drug-likeness (QED) is 0.804. The van der Waals surface area contributed by atoms with Gasteiger partial charge in [-0.25, -0.2) is 4.21 Å². The predicted octanol–water partition coefficient (Wildman–Crippen LogP) is 3.51. The fourth-order valence-corrected chi connectivity index (χ4v) is 4.25. The summed E-state index contributed by atoms with van der Waals surface area (Å²) in [5, 5.41) is 0.674. The molecule has 0 saturated carbocycles. The summed E-state index contributed by atoms with van der Waals surface area (Å²) in [5.41, 5.74) is 1.98. The molecule has 1 aliphatic heterocycles. The molecule has 0 spiro atoms. The average molecular weight is 389 g/mol. The highest BCUT2D eigenvalue weighted by molar-refractivity contribution is 7.85. The topological polar surface area (TPSA) is 55.0 Å². The summed E-state index contributed by atoms with van der Waals surface area (Å²) in [6, 6.07) is 13.5. The van der Waals surface area contributed by atoms with Gasteiger partial charge in [0.05, 0.1) is 32.0 Å². The van der Waals surface area contributed by atoms with Crippen molar-refractivity contribution in [2.75, 3.05) is 32.1 Å². The van der Waals surface area contributed by atoms with Crippen LogP contribution < -0.4 is 4.90 Å². The summed E-state index contributed by atoms with van der Waals surface area (Å²) in [7, 11) is 3.00. The lowest BCUT2D eigenvalue weighted by atomic mass is 10.2. The maximum Gasteiger partial charge on any atom is 0.0892 e. The first-order valence-corrected chi connectivity index (χ1v) is 8.83. The summed E-state index contributed by atoms with van der Waals surface area (Å²) >= 11 is 6.17. The molecular weight excluding hydrogens is 367 g/mol. The summed E-state index contributed by atoms with van der Waals surface area (Å²) in [5.74, 6) is 0. The zero-order chi connectivity index (χ0) is 15.7. The molecule has 1 heterocycles. The molecule has 0 amide bonds. The average Bonchev–Trinajstić information content (AvgIpc) is 2.50. The van der Waals surface area contributed by atoms with E-state index >= 15 is 0 Å². The number of fused-ring (bicyclic) bond motifs is 2. The van der Waals surface area contributed by atoms with Crippen LogP contribution in [0.5, 0.6) is 0 Å². The molecule has 1 unspecified atom stereocenters. The second-order valence-corrected chi connectivity index (χ2v) is 7.51. The molecule has 132 valence electrons. The van der Waals surface area contributed by atoms with Gasteiger partial charge in [-0.2, -0.15) is 0 Å². The third-order valence-electron chi connectivity index (χ3n) is 3.75. The minimum Gasteiger partial charge on any atom is -0.412 e. The molecule has 0 aliphatic carbocycles. The van der Waals surface area contributed by atoms with Gasteiger partial charge in [0.2, 0.25) is 0 Å². The molecule has 0 fully saturated rings. The second-order valence-electron chi connectivity index (χ2n) is 5.66. The summed E-state index contributed by atoms with van der Waals surface area (Å²) < 4.78 is 12.8. The largest absolute Gasteiger partial charge is 0.412 e. The van der Waals surface area contributed by atoms with Crippen molar-refractivity contribution in [1.29, 1.82) is 0 Å². The van der Waals surface area contributed by atoms with Gasteiger partial charge >= 0.3 is 0 Å². The van der Waals surface area contributed by atoms with Crippen molar-refractivity contribution in [2.24, 2.45) is 0 Å². The van der Waals surface area contributed by atoms with Crippen LogP contribution in [0.3, 0.4) is 0 Å². The highest BCUT2D eigenvalue weighted by Crippen LogP contribution is 2.42. The van der Waals surface area contributed by atoms with Crippen LogP contribution in [-0.2, 0) is 10.8 Å². The van der Waals surface area contributed by atoms with Crippen molar-refractivity contribution >= 4 is 46.2 Å². The molecule has 2 aromatic rings. The summed E-state index contributed by atoms with van der Waals surface area (Å²) in [6.45, 7) is 1.89. The first-order chi connectivity index (χ1) is 10.6. The van der Waals surface area contributed by atoms with E-state index in [1.54, 1.807) is 0 Å². The van der Waals surface area contributed by atoms with E-state index in [4.69, 9.17) is 11.6 Å². The van der Waals surface area contributed by atoms with Crippen LogP contribution in [0.25, 0.3) is 0 Å². The lowest BCUT2D eigenvalue weighted by Crippen LogP contribution is -2.27. The Morgan fingerprint density at radius 1 is 1.08 bits per heavy atom. The van der Waals surface area contributed by atoms with E-state index in [0.717, 1.165) is 40.7 Å². The molecular formula is C17H22Cl2N2O2S. The number of hydrogen-bond donors (Lipinski definition) is 0. The molecule has 3 rings (SSSR count). The van der Waals surface area contributed by atoms with Crippen molar-refractivity contribution in [3.63, 3.8) is 0 Å². The van der Waals surface area contributed by atoms with Gasteiger partial charge in [-0.15, -0.1) is 12.4 Å². The Morgan fingerprint density at radius 3 is 2.46 bits per heavy atom. The zero-order valence-electron chi connectivity index (χ0n) is 13.7. The number of anilines is 2. The lowest BCUT2D eigenvalue weighted by Gasteiger charge is -2.33. The van der Waals surface area contributed by atoms with Crippen molar-refractivity contribution in [3.05, 3.63) is 47.5 Å². The number of para-hydroxylation sites is 1. The number of benzene rings is 2. The first kappa shape index (κ1) is 20.9. The van der Waals surface area contributed by atoms with Crippen molar-refractivity contribution < 1.29 is 9.69 Å². The van der Waals surface area contributed by atoms with Gasteiger partial charge in [0.15, 0.2) is 0 Å². The Kier molecular flexibility index (Phi) is 7.70. The van der Waals surface area contributed by atoms with Gasteiger partial charge in [-0.3, -0.25) is 0 Å². The molecule has 1 aliphatic rings. The summed E-state index contributed by atoms with van der Waals surface area (Å²) in [4.78, 5) is 6.13. The number of hydrogen-bond acceptors (Lipinski definition) is 3. The first-order valence-electron chi connectivity index (χ1n) is 7.30. The number of rotatable bonds is 4. The Bertz CT molecular complexity index is 725. The van der Waals surface area contributed by atoms with Crippen molar-refractivity contribution in [2.45, 2.75) is 16.2 Å². The van der Waals surface area contributed by atoms with E-state index in [9.17, 15) is 4.21 Å². The molecule has 4 nitrogen and oxygen atoms in total. The van der Waals surface area contributed by atoms with Gasteiger partial charge < -0.3 is 15.3 Å². The number of nitrogens with zero attached hydrogens (tertiary/aromatic N) is 2. The molecule has 0 saturated heterocycles. The van der Waals surface area contributed by atoms with Crippen LogP contribution in [0.2, 0.25) is 5.02 Å². The molecule has 2 aromatic carbocycles. The Labute approximate surface area is 156 Å². The Morgan fingerprint density at radius 2 is 1.75 bits per heavy atom. The molecule has 0 radical (unpaired) electrons. The van der Waals surface area contributed by atoms with Gasteiger partial charge in [0.25, 0.3) is 0 Å². The normalized spacial score (nSPS) is 15.2. The van der Waals surface area contributed by atoms with E-state index < -0.39 is 10.8 Å². The van der Waals surface area contributed by atoms with E-state index in [1.165, 1.54) is 0 Å². The predicted molar refractivity (Wildman–Crippen MR) is 104 cm³/mol. The van der Waals surface area contributed by atoms with E-state index in [-0.39, 0.29) is 17.9 Å². The van der Waals surface area contributed by atoms with Gasteiger partial charge in [-0.1, -0.05) is 23.7 Å². The monoisotopic (exact) mass is 388 g/mol. The van der Waals surface area contributed by atoms with E-state index in [0.29, 0.717) is 5.02 Å². The van der Waals surface area contributed by atoms with Gasteiger partial charge in [0, 0.05) is 11.6 Å². The minimum atomic E-state index is -1.14. The van der Waals surface area contributed by atoms with Crippen molar-refractivity contribution in [1.82, 2.24) is 4.90 Å². The molecule has 24 heavy (non-hydrogen) atoms. The fraction of sp³-hybridized carbons (Fsp3) is 0.294.